The van der Waals surface area contributed by atoms with Gasteiger partial charge in [-0.1, -0.05) is 6.08 Å². The molecule has 1 aliphatic heterocycles. The molecule has 1 rings (SSSR count). The Bertz CT molecular complexity index is 207. The SMILES string of the molecule is C=CC1(C)CN(Cl)C(C)(C)N1[O-]. The van der Waals surface area contributed by atoms with E-state index in [1.807, 2.05) is 6.92 Å². The van der Waals surface area contributed by atoms with Crippen LogP contribution in [0.5, 0.6) is 0 Å². The molecule has 0 aliphatic carbocycles. The van der Waals surface area contributed by atoms with Gasteiger partial charge < -0.3 is 10.3 Å². The minimum Gasteiger partial charge on any atom is -0.783 e. The topological polar surface area (TPSA) is 29.5 Å². The highest BCUT2D eigenvalue weighted by Crippen LogP contribution is 2.37. The molecule has 0 saturated carbocycles. The van der Waals surface area contributed by atoms with Gasteiger partial charge in [-0.15, -0.1) is 6.58 Å². The molecule has 0 radical (unpaired) electrons. The molecule has 1 unspecified atom stereocenters. The molecule has 0 bridgehead atoms. The van der Waals surface area contributed by atoms with E-state index in [0.29, 0.717) is 6.54 Å². The predicted octanol–water partition coefficient (Wildman–Crippen LogP) is 1.94. The Kier molecular flexibility index (Phi) is 2.25. The molecular weight excluding hydrogens is 176 g/mol. The summed E-state index contributed by atoms with van der Waals surface area (Å²) < 4.78 is 1.52. The van der Waals surface area contributed by atoms with Gasteiger partial charge in [0.2, 0.25) is 0 Å². The van der Waals surface area contributed by atoms with Crippen LogP contribution in [0.1, 0.15) is 20.8 Å². The van der Waals surface area contributed by atoms with E-state index in [0.717, 1.165) is 5.06 Å². The smallest absolute Gasteiger partial charge is 0.0718 e. The first-order valence-corrected chi connectivity index (χ1v) is 4.23. The van der Waals surface area contributed by atoms with Crippen molar-refractivity contribution in [1.82, 2.24) is 9.48 Å². The van der Waals surface area contributed by atoms with E-state index < -0.39 is 11.2 Å². The summed E-state index contributed by atoms with van der Waals surface area (Å²) in [5, 5.41) is 12.7. The third-order valence-electron chi connectivity index (χ3n) is 2.45. The van der Waals surface area contributed by atoms with E-state index in [1.54, 1.807) is 19.9 Å². The normalized spacial score (nSPS) is 37.1. The van der Waals surface area contributed by atoms with Crippen molar-refractivity contribution >= 4 is 11.8 Å². The molecular formula is C8H14ClN2O-. The second-order valence-corrected chi connectivity index (χ2v) is 4.28. The number of nitrogens with zero attached hydrogens (tertiary/aromatic N) is 2. The molecule has 0 aromatic rings. The summed E-state index contributed by atoms with van der Waals surface area (Å²) in [5.74, 6) is 0. The molecule has 1 aliphatic rings. The lowest BCUT2D eigenvalue weighted by Crippen LogP contribution is -2.47. The van der Waals surface area contributed by atoms with E-state index >= 15 is 0 Å². The summed E-state index contributed by atoms with van der Waals surface area (Å²) >= 11 is 5.91. The van der Waals surface area contributed by atoms with Crippen LogP contribution in [0.25, 0.3) is 0 Å². The minimum absolute atomic E-state index is 0.508. The molecule has 0 amide bonds. The number of hydrogen-bond donors (Lipinski definition) is 0. The van der Waals surface area contributed by atoms with Crippen molar-refractivity contribution in [1.29, 1.82) is 0 Å². The summed E-state index contributed by atoms with van der Waals surface area (Å²) in [7, 11) is 0. The molecule has 12 heavy (non-hydrogen) atoms. The summed E-state index contributed by atoms with van der Waals surface area (Å²) in [4.78, 5) is 0. The summed E-state index contributed by atoms with van der Waals surface area (Å²) in [6, 6.07) is 0. The fourth-order valence-electron chi connectivity index (χ4n) is 1.41. The van der Waals surface area contributed by atoms with E-state index in [9.17, 15) is 5.21 Å². The minimum atomic E-state index is -0.648. The first-order valence-electron chi connectivity index (χ1n) is 3.89. The zero-order valence-corrected chi connectivity index (χ0v) is 8.43. The second-order valence-electron chi connectivity index (χ2n) is 3.87. The molecule has 1 fully saturated rings. The Morgan fingerprint density at radius 2 is 2.00 bits per heavy atom. The van der Waals surface area contributed by atoms with Gasteiger partial charge in [0, 0.05) is 12.1 Å². The molecule has 1 saturated heterocycles. The fourth-order valence-corrected chi connectivity index (χ4v) is 1.72. The molecule has 3 nitrogen and oxygen atoms in total. The van der Waals surface area contributed by atoms with Gasteiger partial charge in [0.1, 0.15) is 0 Å². The highest BCUT2D eigenvalue weighted by molar-refractivity contribution is 6.14. The number of hydroxylamine groups is 2. The first-order chi connectivity index (χ1) is 5.34. The van der Waals surface area contributed by atoms with Gasteiger partial charge in [0.15, 0.2) is 0 Å². The van der Waals surface area contributed by atoms with Crippen LogP contribution >= 0.6 is 11.8 Å². The number of halogens is 1. The van der Waals surface area contributed by atoms with Gasteiger partial charge >= 0.3 is 0 Å². The van der Waals surface area contributed by atoms with Gasteiger partial charge in [0.05, 0.1) is 5.66 Å². The predicted molar refractivity (Wildman–Crippen MR) is 50.4 cm³/mol. The van der Waals surface area contributed by atoms with E-state index in [1.165, 1.54) is 4.42 Å². The number of hydrogen-bond acceptors (Lipinski definition) is 3. The molecule has 70 valence electrons. The van der Waals surface area contributed by atoms with Crippen molar-refractivity contribution in [3.05, 3.63) is 17.9 Å². The van der Waals surface area contributed by atoms with Gasteiger partial charge in [-0.05, 0) is 32.5 Å². The van der Waals surface area contributed by atoms with Crippen LogP contribution in [-0.2, 0) is 0 Å². The van der Waals surface area contributed by atoms with Crippen molar-refractivity contribution in [3.63, 3.8) is 0 Å². The van der Waals surface area contributed by atoms with Gasteiger partial charge in [-0.3, -0.25) is 0 Å². The maximum absolute atomic E-state index is 11.7. The molecule has 4 heteroatoms. The maximum Gasteiger partial charge on any atom is 0.0718 e. The van der Waals surface area contributed by atoms with Crippen LogP contribution in [0, 0.1) is 5.21 Å². The van der Waals surface area contributed by atoms with E-state index in [-0.39, 0.29) is 0 Å². The Labute approximate surface area is 78.3 Å². The Morgan fingerprint density at radius 3 is 2.17 bits per heavy atom. The van der Waals surface area contributed by atoms with Crippen LogP contribution in [0.4, 0.5) is 0 Å². The van der Waals surface area contributed by atoms with Gasteiger partial charge in [-0.25, -0.2) is 0 Å². The highest BCUT2D eigenvalue weighted by atomic mass is 35.5. The number of rotatable bonds is 1. The first kappa shape index (κ1) is 9.99. The highest BCUT2D eigenvalue weighted by Gasteiger charge is 2.45. The van der Waals surface area contributed by atoms with Crippen molar-refractivity contribution < 1.29 is 0 Å². The van der Waals surface area contributed by atoms with Crippen molar-refractivity contribution in [2.45, 2.75) is 32.0 Å². The molecule has 0 spiro atoms. The third kappa shape index (κ3) is 1.17. The lowest BCUT2D eigenvalue weighted by Gasteiger charge is -2.45. The van der Waals surface area contributed by atoms with Crippen LogP contribution in [0.15, 0.2) is 12.7 Å². The molecule has 1 heterocycles. The average Bonchev–Trinajstić information content (AvgIpc) is 2.14. The van der Waals surface area contributed by atoms with Crippen LogP contribution in [0.3, 0.4) is 0 Å². The maximum atomic E-state index is 11.7. The standard InChI is InChI=1S/C8H14ClN2O/c1-5-8(4)6-10(9)7(2,3)11(8)12/h5H,1,6H2,2-4H3/q-1. The zero-order chi connectivity index (χ0) is 9.57. The quantitative estimate of drug-likeness (QED) is 0.467. The third-order valence-corrected chi connectivity index (χ3v) is 2.99. The van der Waals surface area contributed by atoms with Crippen LogP contribution < -0.4 is 0 Å². The van der Waals surface area contributed by atoms with Crippen molar-refractivity contribution in [2.24, 2.45) is 0 Å². The summed E-state index contributed by atoms with van der Waals surface area (Å²) in [5.41, 5.74) is -1.21. The largest absolute Gasteiger partial charge is 0.783 e. The van der Waals surface area contributed by atoms with E-state index in [2.05, 4.69) is 6.58 Å². The Morgan fingerprint density at radius 1 is 1.50 bits per heavy atom. The zero-order valence-electron chi connectivity index (χ0n) is 7.67. The summed E-state index contributed by atoms with van der Waals surface area (Å²) in [6.07, 6.45) is 1.64. The van der Waals surface area contributed by atoms with E-state index in [4.69, 9.17) is 11.8 Å². The fraction of sp³-hybridized carbons (Fsp3) is 0.750. The summed E-state index contributed by atoms with van der Waals surface area (Å²) in [6.45, 7) is 9.56. The van der Waals surface area contributed by atoms with Gasteiger partial charge in [-0.2, -0.15) is 4.42 Å². The lowest BCUT2D eigenvalue weighted by molar-refractivity contribution is 0.118. The second kappa shape index (κ2) is 2.70. The molecule has 0 N–H and O–H groups in total. The molecule has 1 atom stereocenters. The van der Waals surface area contributed by atoms with Crippen LogP contribution in [0.2, 0.25) is 0 Å². The van der Waals surface area contributed by atoms with Gasteiger partial charge in [0.25, 0.3) is 0 Å². The molecule has 0 aromatic carbocycles. The monoisotopic (exact) mass is 189 g/mol. The molecule has 0 aromatic heterocycles. The van der Waals surface area contributed by atoms with Crippen LogP contribution in [-0.4, -0.2) is 27.2 Å². The van der Waals surface area contributed by atoms with Crippen molar-refractivity contribution in [2.75, 3.05) is 6.54 Å². The lowest BCUT2D eigenvalue weighted by atomic mass is 10.0. The van der Waals surface area contributed by atoms with Crippen molar-refractivity contribution in [3.8, 4) is 0 Å². The average molecular weight is 190 g/mol. The Hall–Kier alpha value is -0.0900. The Balaban J connectivity index is 2.97.